The van der Waals surface area contributed by atoms with E-state index in [1.807, 2.05) is 32.9 Å². The summed E-state index contributed by atoms with van der Waals surface area (Å²) in [5.74, 6) is 1.32. The first-order chi connectivity index (χ1) is 23.2. The van der Waals surface area contributed by atoms with Crippen LogP contribution in [0.5, 0.6) is 11.5 Å². The van der Waals surface area contributed by atoms with Crippen molar-refractivity contribution in [2.75, 3.05) is 66.8 Å². The molecule has 1 atom stereocenters. The number of aromatic nitrogens is 2. The maximum absolute atomic E-state index is 13.9. The molecular formula is C37H47N5O6. The van der Waals surface area contributed by atoms with Gasteiger partial charge in [0.15, 0.2) is 0 Å². The number of nitrogens with one attached hydrogen (secondary N) is 2. The number of aryl methyl sites for hydroxylation is 2. The molecule has 256 valence electrons. The zero-order chi connectivity index (χ0) is 33.9. The fraction of sp³-hybridized carbons (Fsp3) is 0.459. The van der Waals surface area contributed by atoms with Crippen LogP contribution in [-0.4, -0.2) is 91.9 Å². The number of H-pyrrole nitrogens is 1. The van der Waals surface area contributed by atoms with Crippen molar-refractivity contribution in [1.29, 1.82) is 0 Å². The second-order valence-electron chi connectivity index (χ2n) is 12.8. The van der Waals surface area contributed by atoms with Crippen LogP contribution in [-0.2, 0) is 22.6 Å². The quantitative estimate of drug-likeness (QED) is 0.259. The smallest absolute Gasteiger partial charge is 0.253 e. The second kappa shape index (κ2) is 14.5. The van der Waals surface area contributed by atoms with E-state index in [0.717, 1.165) is 82.4 Å². The van der Waals surface area contributed by atoms with Gasteiger partial charge in [-0.1, -0.05) is 0 Å². The molecular weight excluding hydrogens is 610 g/mol. The number of rotatable bonds is 10. The lowest BCUT2D eigenvalue weighted by Crippen LogP contribution is -2.39. The highest BCUT2D eigenvalue weighted by molar-refractivity contribution is 5.97. The number of morpholine rings is 2. The lowest BCUT2D eigenvalue weighted by atomic mass is 10.0. The van der Waals surface area contributed by atoms with E-state index in [0.29, 0.717) is 44.1 Å². The topological polar surface area (TPSA) is 110 Å². The molecule has 6 rings (SSSR count). The highest BCUT2D eigenvalue weighted by Crippen LogP contribution is 2.38. The van der Waals surface area contributed by atoms with E-state index < -0.39 is 0 Å². The normalized spacial score (nSPS) is 16.6. The minimum absolute atomic E-state index is 0.0200. The number of carbonyl (C=O) groups excluding carboxylic acids is 1. The third-order valence-corrected chi connectivity index (χ3v) is 9.77. The molecule has 2 aliphatic heterocycles. The Bertz CT molecular complexity index is 1830. The summed E-state index contributed by atoms with van der Waals surface area (Å²) >= 11 is 0. The van der Waals surface area contributed by atoms with Crippen LogP contribution in [0.4, 0.5) is 0 Å². The molecule has 0 aliphatic carbocycles. The van der Waals surface area contributed by atoms with Crippen molar-refractivity contribution in [3.8, 4) is 22.6 Å². The van der Waals surface area contributed by atoms with Crippen molar-refractivity contribution < 1.29 is 23.7 Å². The van der Waals surface area contributed by atoms with E-state index in [-0.39, 0.29) is 24.1 Å². The predicted molar refractivity (Wildman–Crippen MR) is 185 cm³/mol. The van der Waals surface area contributed by atoms with E-state index in [9.17, 15) is 9.59 Å². The molecule has 11 heteroatoms. The van der Waals surface area contributed by atoms with Crippen molar-refractivity contribution in [2.24, 2.45) is 0 Å². The third-order valence-electron chi connectivity index (χ3n) is 9.77. The van der Waals surface area contributed by atoms with E-state index in [1.165, 1.54) is 0 Å². The zero-order valence-electron chi connectivity index (χ0n) is 28.9. The van der Waals surface area contributed by atoms with Gasteiger partial charge in [0.25, 0.3) is 11.5 Å². The molecule has 5 heterocycles. The Kier molecular flexibility index (Phi) is 10.2. The van der Waals surface area contributed by atoms with Crippen molar-refractivity contribution in [2.45, 2.75) is 46.8 Å². The van der Waals surface area contributed by atoms with Crippen LogP contribution in [0.25, 0.3) is 16.6 Å². The predicted octanol–water partition coefficient (Wildman–Crippen LogP) is 4.39. The van der Waals surface area contributed by atoms with Gasteiger partial charge in [-0.25, -0.2) is 0 Å². The summed E-state index contributed by atoms with van der Waals surface area (Å²) in [4.78, 5) is 34.1. The van der Waals surface area contributed by atoms with Gasteiger partial charge >= 0.3 is 0 Å². The molecule has 2 fully saturated rings. The Hall–Kier alpha value is -4.16. The summed E-state index contributed by atoms with van der Waals surface area (Å²) in [6, 6.07) is 10.1. The van der Waals surface area contributed by atoms with Crippen molar-refractivity contribution >= 4 is 11.4 Å². The fourth-order valence-corrected chi connectivity index (χ4v) is 7.08. The van der Waals surface area contributed by atoms with Gasteiger partial charge < -0.3 is 33.6 Å². The average Bonchev–Trinajstić information content (AvgIpc) is 3.52. The summed E-state index contributed by atoms with van der Waals surface area (Å²) < 4.78 is 25.3. The Morgan fingerprint density at radius 2 is 1.54 bits per heavy atom. The number of pyridine rings is 2. The Morgan fingerprint density at radius 3 is 2.17 bits per heavy atom. The first-order valence-corrected chi connectivity index (χ1v) is 16.7. The minimum Gasteiger partial charge on any atom is -0.496 e. The first kappa shape index (κ1) is 33.7. The molecule has 4 aromatic rings. The van der Waals surface area contributed by atoms with Gasteiger partial charge in [-0.3, -0.25) is 19.4 Å². The summed E-state index contributed by atoms with van der Waals surface area (Å²) in [7, 11) is 3.39. The number of hydrogen-bond acceptors (Lipinski definition) is 8. The second-order valence-corrected chi connectivity index (χ2v) is 12.8. The summed E-state index contributed by atoms with van der Waals surface area (Å²) in [6.07, 6.45) is 2.14. The minimum atomic E-state index is -0.219. The SMILES string of the molecule is COc1cc(-c2cc3cc(C(=O)NCc4c(C)cc(C)[nH]c4=O)c(C)c(C(C)N4CCOCC4)n3c2)cc(OC)c1CN1CCOCC1. The molecule has 0 spiro atoms. The van der Waals surface area contributed by atoms with Crippen molar-refractivity contribution in [1.82, 2.24) is 24.5 Å². The maximum atomic E-state index is 13.9. The van der Waals surface area contributed by atoms with Crippen LogP contribution >= 0.6 is 0 Å². The van der Waals surface area contributed by atoms with E-state index >= 15 is 0 Å². The Morgan fingerprint density at radius 1 is 0.896 bits per heavy atom. The molecule has 0 saturated carbocycles. The number of carbonyl (C=O) groups is 1. The molecule has 1 aromatic carbocycles. The molecule has 11 nitrogen and oxygen atoms in total. The molecule has 2 aliphatic rings. The molecule has 3 aromatic heterocycles. The van der Waals surface area contributed by atoms with Crippen LogP contribution in [0.15, 0.2) is 41.3 Å². The Labute approximate surface area is 281 Å². The van der Waals surface area contributed by atoms with Crippen molar-refractivity contribution in [3.05, 3.63) is 86.1 Å². The van der Waals surface area contributed by atoms with Gasteiger partial charge in [-0.15, -0.1) is 0 Å². The van der Waals surface area contributed by atoms with Gasteiger partial charge in [0, 0.05) is 85.1 Å². The first-order valence-electron chi connectivity index (χ1n) is 16.7. The van der Waals surface area contributed by atoms with Gasteiger partial charge in [0.2, 0.25) is 0 Å². The summed E-state index contributed by atoms with van der Waals surface area (Å²) in [5, 5.41) is 3.03. The lowest BCUT2D eigenvalue weighted by Gasteiger charge is -2.34. The standard InChI is InChI=1S/C37H47N5O6/c1-23-15-24(2)39-37(44)31(23)20-38-36(43)30-19-29-16-28(21-42(29)35(25(30)3)26(4)41-9-13-48-14-10-41)27-17-33(45-5)32(34(18-27)46-6)22-40-7-11-47-12-8-40/h15-19,21,26H,7-14,20,22H2,1-6H3,(H,38,43)(H,39,44). The zero-order valence-corrected chi connectivity index (χ0v) is 28.9. The molecule has 1 unspecified atom stereocenters. The highest BCUT2D eigenvalue weighted by atomic mass is 16.5. The van der Waals surface area contributed by atoms with Gasteiger partial charge in [0.05, 0.1) is 46.2 Å². The molecule has 0 radical (unpaired) electrons. The Balaban J connectivity index is 1.40. The monoisotopic (exact) mass is 657 g/mol. The summed E-state index contributed by atoms with van der Waals surface area (Å²) in [6.45, 7) is 14.9. The van der Waals surface area contributed by atoms with E-state index in [4.69, 9.17) is 18.9 Å². The highest BCUT2D eigenvalue weighted by Gasteiger charge is 2.26. The number of aromatic amines is 1. The number of nitrogens with zero attached hydrogens (tertiary/aromatic N) is 3. The van der Waals surface area contributed by atoms with Gasteiger partial charge in [-0.2, -0.15) is 0 Å². The maximum Gasteiger partial charge on any atom is 0.253 e. The van der Waals surface area contributed by atoms with Gasteiger partial charge in [0.1, 0.15) is 11.5 Å². The van der Waals surface area contributed by atoms with Crippen LogP contribution in [0.3, 0.4) is 0 Å². The summed E-state index contributed by atoms with van der Waals surface area (Å²) in [5.41, 5.74) is 8.39. The molecule has 2 N–H and O–H groups in total. The lowest BCUT2D eigenvalue weighted by molar-refractivity contribution is 0.0187. The molecule has 0 bridgehead atoms. The van der Waals surface area contributed by atoms with Crippen LogP contribution < -0.4 is 20.3 Å². The van der Waals surface area contributed by atoms with Crippen LogP contribution in [0.1, 0.15) is 57.0 Å². The van der Waals surface area contributed by atoms with Gasteiger partial charge in [-0.05, 0) is 74.7 Å². The van der Waals surface area contributed by atoms with E-state index in [1.54, 1.807) is 14.2 Å². The largest absolute Gasteiger partial charge is 0.496 e. The number of benzene rings is 1. The number of methoxy groups -OCH3 is 2. The van der Waals surface area contributed by atoms with Crippen LogP contribution in [0, 0.1) is 20.8 Å². The fourth-order valence-electron chi connectivity index (χ4n) is 7.08. The molecule has 2 saturated heterocycles. The number of amides is 1. The number of fused-ring (bicyclic) bond motifs is 1. The van der Waals surface area contributed by atoms with Crippen molar-refractivity contribution in [3.63, 3.8) is 0 Å². The number of hydrogen-bond donors (Lipinski definition) is 2. The average molecular weight is 658 g/mol. The van der Waals surface area contributed by atoms with Crippen LogP contribution in [0.2, 0.25) is 0 Å². The van der Waals surface area contributed by atoms with E-state index in [2.05, 4.69) is 55.8 Å². The number of ether oxygens (including phenoxy) is 4. The molecule has 48 heavy (non-hydrogen) atoms. The molecule has 1 amide bonds. The third kappa shape index (κ3) is 6.86.